The Balaban J connectivity index is 2.50. The zero-order valence-electron chi connectivity index (χ0n) is 10.6. The highest BCUT2D eigenvalue weighted by atomic mass is 16.6. The normalized spacial score (nSPS) is 25.9. The first-order chi connectivity index (χ1) is 7.26. The van der Waals surface area contributed by atoms with Gasteiger partial charge < -0.3 is 20.1 Å². The molecule has 0 bridgehead atoms. The van der Waals surface area contributed by atoms with E-state index in [0.717, 1.165) is 6.42 Å². The van der Waals surface area contributed by atoms with Crippen LogP contribution in [0.1, 0.15) is 27.2 Å². The van der Waals surface area contributed by atoms with Gasteiger partial charge >= 0.3 is 6.09 Å². The van der Waals surface area contributed by atoms with Crippen molar-refractivity contribution in [2.24, 2.45) is 5.73 Å². The third kappa shape index (κ3) is 3.64. The molecule has 0 aromatic rings. The number of ether oxygens (including phenoxy) is 2. The molecule has 16 heavy (non-hydrogen) atoms. The van der Waals surface area contributed by atoms with Crippen molar-refractivity contribution >= 4 is 6.09 Å². The number of hydrogen-bond acceptors (Lipinski definition) is 4. The van der Waals surface area contributed by atoms with Crippen LogP contribution in [0, 0.1) is 0 Å². The molecule has 1 atom stereocenters. The lowest BCUT2D eigenvalue weighted by Crippen LogP contribution is -2.48. The van der Waals surface area contributed by atoms with Crippen LogP contribution in [0.5, 0.6) is 0 Å². The van der Waals surface area contributed by atoms with Gasteiger partial charge in [-0.05, 0) is 27.2 Å². The molecule has 0 saturated carbocycles. The highest BCUT2D eigenvalue weighted by Crippen LogP contribution is 2.21. The Bertz CT molecular complexity index is 262. The molecule has 1 fully saturated rings. The van der Waals surface area contributed by atoms with E-state index in [9.17, 15) is 4.79 Å². The van der Waals surface area contributed by atoms with Crippen molar-refractivity contribution in [3.05, 3.63) is 0 Å². The number of hydrogen-bond donors (Lipinski definition) is 1. The van der Waals surface area contributed by atoms with E-state index in [-0.39, 0.29) is 6.09 Å². The van der Waals surface area contributed by atoms with Gasteiger partial charge in [-0.3, -0.25) is 0 Å². The van der Waals surface area contributed by atoms with Crippen molar-refractivity contribution in [3.63, 3.8) is 0 Å². The molecule has 1 saturated heterocycles. The zero-order valence-corrected chi connectivity index (χ0v) is 10.6. The number of nitrogens with zero attached hydrogens (tertiary/aromatic N) is 1. The fourth-order valence-corrected chi connectivity index (χ4v) is 1.78. The van der Waals surface area contributed by atoms with Crippen LogP contribution in [-0.4, -0.2) is 48.9 Å². The summed E-state index contributed by atoms with van der Waals surface area (Å²) in [4.78, 5) is 13.4. The van der Waals surface area contributed by atoms with Crippen LogP contribution in [0.15, 0.2) is 0 Å². The van der Waals surface area contributed by atoms with E-state index in [4.69, 9.17) is 15.2 Å². The zero-order chi connectivity index (χ0) is 12.4. The molecule has 0 aromatic carbocycles. The number of likely N-dealkylation sites (tertiary alicyclic amines) is 1. The number of nitrogens with two attached hydrogens (primary N) is 1. The molecule has 0 aromatic heterocycles. The molecule has 94 valence electrons. The van der Waals surface area contributed by atoms with E-state index < -0.39 is 11.1 Å². The molecule has 0 spiro atoms. The number of carbonyl (C=O) groups is 1. The number of carbonyl (C=O) groups excluding carboxylic acids is 1. The van der Waals surface area contributed by atoms with Crippen LogP contribution < -0.4 is 5.73 Å². The van der Waals surface area contributed by atoms with Gasteiger partial charge in [-0.2, -0.15) is 0 Å². The summed E-state index contributed by atoms with van der Waals surface area (Å²) < 4.78 is 10.3. The minimum Gasteiger partial charge on any atom is -0.444 e. The number of rotatable bonds is 2. The molecule has 0 unspecified atom stereocenters. The van der Waals surface area contributed by atoms with E-state index in [1.807, 2.05) is 20.8 Å². The van der Waals surface area contributed by atoms with E-state index in [2.05, 4.69) is 0 Å². The van der Waals surface area contributed by atoms with Gasteiger partial charge in [0.1, 0.15) is 5.60 Å². The molecule has 1 amide bonds. The largest absolute Gasteiger partial charge is 0.444 e. The van der Waals surface area contributed by atoms with Gasteiger partial charge in [0.2, 0.25) is 0 Å². The SMILES string of the molecule is COC[C@@]1(N)CCN(C(=O)OC(C)(C)C)C1. The molecule has 0 radical (unpaired) electrons. The highest BCUT2D eigenvalue weighted by molar-refractivity contribution is 5.68. The second-order valence-electron chi connectivity index (χ2n) is 5.45. The Morgan fingerprint density at radius 1 is 1.50 bits per heavy atom. The minimum atomic E-state index is -0.460. The fraction of sp³-hybridized carbons (Fsp3) is 0.909. The van der Waals surface area contributed by atoms with Crippen molar-refractivity contribution < 1.29 is 14.3 Å². The van der Waals surface area contributed by atoms with Crippen molar-refractivity contribution in [1.82, 2.24) is 4.90 Å². The lowest BCUT2D eigenvalue weighted by molar-refractivity contribution is 0.0273. The average molecular weight is 230 g/mol. The first-order valence-electron chi connectivity index (χ1n) is 5.51. The highest BCUT2D eigenvalue weighted by Gasteiger charge is 2.38. The second-order valence-corrected chi connectivity index (χ2v) is 5.45. The molecule has 5 heteroatoms. The topological polar surface area (TPSA) is 64.8 Å². The van der Waals surface area contributed by atoms with Crippen molar-refractivity contribution in [1.29, 1.82) is 0 Å². The maximum Gasteiger partial charge on any atom is 0.410 e. The van der Waals surface area contributed by atoms with Gasteiger partial charge in [-0.25, -0.2) is 4.79 Å². The maximum absolute atomic E-state index is 11.8. The summed E-state index contributed by atoms with van der Waals surface area (Å²) in [5.74, 6) is 0. The van der Waals surface area contributed by atoms with Crippen molar-refractivity contribution in [2.75, 3.05) is 26.8 Å². The quantitative estimate of drug-likeness (QED) is 0.767. The first-order valence-corrected chi connectivity index (χ1v) is 5.51. The molecule has 0 aliphatic carbocycles. The summed E-state index contributed by atoms with van der Waals surface area (Å²) in [7, 11) is 1.62. The van der Waals surface area contributed by atoms with Crippen LogP contribution in [0.3, 0.4) is 0 Å². The standard InChI is InChI=1S/C11H22N2O3/c1-10(2,3)16-9(14)13-6-5-11(12,7-13)8-15-4/h5-8,12H2,1-4H3/t11-/m1/s1. The fourth-order valence-electron chi connectivity index (χ4n) is 1.78. The summed E-state index contributed by atoms with van der Waals surface area (Å²) in [5, 5.41) is 0. The Hall–Kier alpha value is -0.810. The van der Waals surface area contributed by atoms with Crippen LogP contribution in [-0.2, 0) is 9.47 Å². The van der Waals surface area contributed by atoms with E-state index >= 15 is 0 Å². The lowest BCUT2D eigenvalue weighted by Gasteiger charge is -2.26. The summed E-state index contributed by atoms with van der Waals surface area (Å²) in [6.07, 6.45) is 0.455. The van der Waals surface area contributed by atoms with Gasteiger partial charge in [-0.1, -0.05) is 0 Å². The van der Waals surface area contributed by atoms with Gasteiger partial charge in [0, 0.05) is 20.2 Å². The van der Waals surface area contributed by atoms with E-state index in [0.29, 0.717) is 19.7 Å². The van der Waals surface area contributed by atoms with Crippen LogP contribution in [0.2, 0.25) is 0 Å². The van der Waals surface area contributed by atoms with Crippen molar-refractivity contribution in [3.8, 4) is 0 Å². The van der Waals surface area contributed by atoms with E-state index in [1.165, 1.54) is 0 Å². The Morgan fingerprint density at radius 3 is 2.62 bits per heavy atom. The Morgan fingerprint density at radius 2 is 2.12 bits per heavy atom. The summed E-state index contributed by atoms with van der Waals surface area (Å²) in [6, 6.07) is 0. The molecule has 1 aliphatic heterocycles. The predicted octanol–water partition coefficient (Wildman–Crippen LogP) is 0.971. The molecular weight excluding hydrogens is 208 g/mol. The van der Waals surface area contributed by atoms with Gasteiger partial charge in [0.05, 0.1) is 12.1 Å². The third-order valence-corrected chi connectivity index (χ3v) is 2.47. The smallest absolute Gasteiger partial charge is 0.410 e. The van der Waals surface area contributed by atoms with Crippen LogP contribution >= 0.6 is 0 Å². The molecule has 1 heterocycles. The van der Waals surface area contributed by atoms with Gasteiger partial charge in [0.25, 0.3) is 0 Å². The number of methoxy groups -OCH3 is 1. The molecule has 5 nitrogen and oxygen atoms in total. The Labute approximate surface area is 96.9 Å². The summed E-state index contributed by atoms with van der Waals surface area (Å²) >= 11 is 0. The molecule has 1 rings (SSSR count). The van der Waals surface area contributed by atoms with E-state index in [1.54, 1.807) is 12.0 Å². The number of amides is 1. The molecular formula is C11H22N2O3. The molecule has 2 N–H and O–H groups in total. The monoisotopic (exact) mass is 230 g/mol. The Kier molecular flexibility index (Phi) is 3.80. The predicted molar refractivity (Wildman–Crippen MR) is 61.2 cm³/mol. The molecule has 1 aliphatic rings. The third-order valence-electron chi connectivity index (χ3n) is 2.47. The lowest BCUT2D eigenvalue weighted by atomic mass is 10.0. The van der Waals surface area contributed by atoms with Crippen LogP contribution in [0.25, 0.3) is 0 Å². The van der Waals surface area contributed by atoms with Gasteiger partial charge in [-0.15, -0.1) is 0 Å². The second kappa shape index (κ2) is 4.59. The average Bonchev–Trinajstić information content (AvgIpc) is 2.45. The maximum atomic E-state index is 11.8. The minimum absolute atomic E-state index is 0.295. The summed E-state index contributed by atoms with van der Waals surface area (Å²) in [6.45, 7) is 7.15. The first kappa shape index (κ1) is 13.3. The summed E-state index contributed by atoms with van der Waals surface area (Å²) in [5.41, 5.74) is 5.20. The van der Waals surface area contributed by atoms with Crippen LogP contribution in [0.4, 0.5) is 4.79 Å². The van der Waals surface area contributed by atoms with Gasteiger partial charge in [0.15, 0.2) is 0 Å². The van der Waals surface area contributed by atoms with Crippen molar-refractivity contribution in [2.45, 2.75) is 38.3 Å².